The summed E-state index contributed by atoms with van der Waals surface area (Å²) < 4.78 is 13.1. The van der Waals surface area contributed by atoms with Crippen molar-refractivity contribution in [2.75, 3.05) is 20.1 Å². The SMILES string of the molecule is CN=C(NCCNC(=O)c1cccc(C)c1)NCc1cccc(F)c1. The highest BCUT2D eigenvalue weighted by Crippen LogP contribution is 2.03. The smallest absolute Gasteiger partial charge is 0.251 e. The number of guanidine groups is 1. The van der Waals surface area contributed by atoms with E-state index in [2.05, 4.69) is 20.9 Å². The molecule has 0 radical (unpaired) electrons. The molecule has 0 aliphatic carbocycles. The first-order valence-corrected chi connectivity index (χ1v) is 8.12. The fourth-order valence-corrected chi connectivity index (χ4v) is 2.30. The van der Waals surface area contributed by atoms with E-state index in [-0.39, 0.29) is 11.7 Å². The Balaban J connectivity index is 1.71. The van der Waals surface area contributed by atoms with Crippen LogP contribution in [0.15, 0.2) is 53.5 Å². The summed E-state index contributed by atoms with van der Waals surface area (Å²) >= 11 is 0. The Labute approximate surface area is 147 Å². The molecule has 2 aromatic carbocycles. The van der Waals surface area contributed by atoms with Gasteiger partial charge in [0.05, 0.1) is 0 Å². The van der Waals surface area contributed by atoms with E-state index in [1.165, 1.54) is 12.1 Å². The van der Waals surface area contributed by atoms with Crippen molar-refractivity contribution in [2.45, 2.75) is 13.5 Å². The van der Waals surface area contributed by atoms with Gasteiger partial charge in [-0.1, -0.05) is 29.8 Å². The van der Waals surface area contributed by atoms with Gasteiger partial charge in [0.2, 0.25) is 0 Å². The molecular formula is C19H23FN4O. The van der Waals surface area contributed by atoms with Crippen LogP contribution in [0.5, 0.6) is 0 Å². The lowest BCUT2D eigenvalue weighted by atomic mass is 10.1. The van der Waals surface area contributed by atoms with Gasteiger partial charge in [-0.25, -0.2) is 4.39 Å². The maximum atomic E-state index is 13.1. The van der Waals surface area contributed by atoms with Crippen LogP contribution in [0.4, 0.5) is 4.39 Å². The fraction of sp³-hybridized carbons (Fsp3) is 0.263. The molecule has 0 heterocycles. The zero-order valence-electron chi connectivity index (χ0n) is 14.5. The topological polar surface area (TPSA) is 65.5 Å². The van der Waals surface area contributed by atoms with Gasteiger partial charge in [-0.15, -0.1) is 0 Å². The fourth-order valence-electron chi connectivity index (χ4n) is 2.30. The number of nitrogens with one attached hydrogen (secondary N) is 3. The van der Waals surface area contributed by atoms with E-state index in [0.29, 0.717) is 31.2 Å². The molecule has 2 aromatic rings. The van der Waals surface area contributed by atoms with Crippen molar-refractivity contribution in [3.8, 4) is 0 Å². The van der Waals surface area contributed by atoms with Crippen LogP contribution in [0.3, 0.4) is 0 Å². The number of benzene rings is 2. The molecule has 6 heteroatoms. The Kier molecular flexibility index (Phi) is 6.95. The van der Waals surface area contributed by atoms with Crippen LogP contribution in [0.1, 0.15) is 21.5 Å². The zero-order valence-corrected chi connectivity index (χ0v) is 14.5. The number of hydrogen-bond donors (Lipinski definition) is 3. The molecule has 0 unspecified atom stereocenters. The summed E-state index contributed by atoms with van der Waals surface area (Å²) in [5.74, 6) is 0.225. The zero-order chi connectivity index (χ0) is 18.1. The van der Waals surface area contributed by atoms with Gasteiger partial charge in [0.15, 0.2) is 5.96 Å². The molecule has 0 aromatic heterocycles. The first-order valence-electron chi connectivity index (χ1n) is 8.12. The monoisotopic (exact) mass is 342 g/mol. The van der Waals surface area contributed by atoms with Crippen LogP contribution in [0, 0.1) is 12.7 Å². The van der Waals surface area contributed by atoms with Crippen LogP contribution in [0.2, 0.25) is 0 Å². The molecule has 3 N–H and O–H groups in total. The van der Waals surface area contributed by atoms with Crippen molar-refractivity contribution in [2.24, 2.45) is 4.99 Å². The quantitative estimate of drug-likeness (QED) is 0.428. The third kappa shape index (κ3) is 6.25. The highest BCUT2D eigenvalue weighted by Gasteiger charge is 2.04. The molecule has 0 saturated heterocycles. The Morgan fingerprint density at radius 2 is 1.80 bits per heavy atom. The van der Waals surface area contributed by atoms with Crippen LogP contribution < -0.4 is 16.0 Å². The molecule has 2 rings (SSSR count). The third-order valence-electron chi connectivity index (χ3n) is 3.56. The van der Waals surface area contributed by atoms with E-state index in [0.717, 1.165) is 11.1 Å². The van der Waals surface area contributed by atoms with Crippen molar-refractivity contribution in [3.05, 3.63) is 71.0 Å². The summed E-state index contributed by atoms with van der Waals surface area (Å²) in [5, 5.41) is 9.06. The highest BCUT2D eigenvalue weighted by molar-refractivity contribution is 5.94. The molecular weight excluding hydrogens is 319 g/mol. The molecule has 132 valence electrons. The number of rotatable bonds is 6. The van der Waals surface area contributed by atoms with Crippen molar-refractivity contribution >= 4 is 11.9 Å². The number of carbonyl (C=O) groups excluding carboxylic acids is 1. The molecule has 1 amide bonds. The minimum atomic E-state index is -0.263. The minimum absolute atomic E-state index is 0.104. The number of hydrogen-bond acceptors (Lipinski definition) is 2. The van der Waals surface area contributed by atoms with Gasteiger partial charge in [-0.2, -0.15) is 0 Å². The molecule has 0 saturated carbocycles. The second kappa shape index (κ2) is 9.42. The van der Waals surface area contributed by atoms with Gasteiger partial charge >= 0.3 is 0 Å². The average Bonchev–Trinajstić information content (AvgIpc) is 2.61. The van der Waals surface area contributed by atoms with Gasteiger partial charge < -0.3 is 16.0 Å². The van der Waals surface area contributed by atoms with Gasteiger partial charge in [0.25, 0.3) is 5.91 Å². The first kappa shape index (κ1) is 18.4. The second-order valence-corrected chi connectivity index (χ2v) is 5.61. The molecule has 0 bridgehead atoms. The molecule has 0 aliphatic rings. The predicted octanol–water partition coefficient (Wildman–Crippen LogP) is 2.23. The van der Waals surface area contributed by atoms with Crippen molar-refractivity contribution < 1.29 is 9.18 Å². The third-order valence-corrected chi connectivity index (χ3v) is 3.56. The summed E-state index contributed by atoms with van der Waals surface area (Å²) in [6.07, 6.45) is 0. The summed E-state index contributed by atoms with van der Waals surface area (Å²) in [5.41, 5.74) is 2.53. The number of halogens is 1. The van der Waals surface area contributed by atoms with Crippen molar-refractivity contribution in [1.29, 1.82) is 0 Å². The Hall–Kier alpha value is -2.89. The summed E-state index contributed by atoms with van der Waals surface area (Å²) in [6, 6.07) is 13.8. The van der Waals surface area contributed by atoms with Gasteiger partial charge in [0.1, 0.15) is 5.82 Å². The maximum Gasteiger partial charge on any atom is 0.251 e. The molecule has 0 fully saturated rings. The number of amides is 1. The number of aliphatic imine (C=N–C) groups is 1. The Bertz CT molecular complexity index is 746. The normalized spacial score (nSPS) is 11.1. The Morgan fingerprint density at radius 1 is 1.04 bits per heavy atom. The summed E-state index contributed by atoms with van der Waals surface area (Å²) in [6.45, 7) is 3.41. The lowest BCUT2D eigenvalue weighted by Gasteiger charge is -2.12. The molecule has 0 aliphatic heterocycles. The number of carbonyl (C=O) groups is 1. The van der Waals surface area contributed by atoms with Crippen LogP contribution >= 0.6 is 0 Å². The van der Waals surface area contributed by atoms with Crippen molar-refractivity contribution in [3.63, 3.8) is 0 Å². The Morgan fingerprint density at radius 3 is 2.52 bits per heavy atom. The molecule has 25 heavy (non-hydrogen) atoms. The first-order chi connectivity index (χ1) is 12.1. The van der Waals surface area contributed by atoms with E-state index >= 15 is 0 Å². The summed E-state index contributed by atoms with van der Waals surface area (Å²) in [4.78, 5) is 16.1. The lowest BCUT2D eigenvalue weighted by molar-refractivity contribution is 0.0954. The molecule has 0 spiro atoms. The van der Waals surface area contributed by atoms with Crippen molar-refractivity contribution in [1.82, 2.24) is 16.0 Å². The average molecular weight is 342 g/mol. The second-order valence-electron chi connectivity index (χ2n) is 5.61. The van der Waals surface area contributed by atoms with E-state index in [4.69, 9.17) is 0 Å². The van der Waals surface area contributed by atoms with E-state index in [1.54, 1.807) is 19.2 Å². The lowest BCUT2D eigenvalue weighted by Crippen LogP contribution is -2.41. The molecule has 5 nitrogen and oxygen atoms in total. The molecule has 0 atom stereocenters. The van der Waals surface area contributed by atoms with E-state index < -0.39 is 0 Å². The maximum absolute atomic E-state index is 13.1. The number of aryl methyl sites for hydroxylation is 1. The van der Waals surface area contributed by atoms with Crippen LogP contribution in [0.25, 0.3) is 0 Å². The van der Waals surface area contributed by atoms with Gasteiger partial charge in [0, 0.05) is 32.2 Å². The number of nitrogens with zero attached hydrogens (tertiary/aromatic N) is 1. The highest BCUT2D eigenvalue weighted by atomic mass is 19.1. The standard InChI is InChI=1S/C19H23FN4O/c1-14-5-3-7-16(11-14)18(25)22-9-10-23-19(21-2)24-13-15-6-4-8-17(20)12-15/h3-8,11-12H,9-10,13H2,1-2H3,(H,22,25)(H2,21,23,24). The minimum Gasteiger partial charge on any atom is -0.355 e. The largest absolute Gasteiger partial charge is 0.355 e. The van der Waals surface area contributed by atoms with E-state index in [9.17, 15) is 9.18 Å². The van der Waals surface area contributed by atoms with E-state index in [1.807, 2.05) is 31.2 Å². The van der Waals surface area contributed by atoms with Crippen LogP contribution in [-0.2, 0) is 6.54 Å². The van der Waals surface area contributed by atoms with Crippen LogP contribution in [-0.4, -0.2) is 32.0 Å². The summed E-state index contributed by atoms with van der Waals surface area (Å²) in [7, 11) is 1.66. The van der Waals surface area contributed by atoms with Gasteiger partial charge in [-0.3, -0.25) is 9.79 Å². The van der Waals surface area contributed by atoms with Gasteiger partial charge in [-0.05, 0) is 36.8 Å². The predicted molar refractivity (Wildman–Crippen MR) is 98.1 cm³/mol.